The van der Waals surface area contributed by atoms with Crippen LogP contribution in [0, 0.1) is 0 Å². The fourth-order valence-electron chi connectivity index (χ4n) is 1.32. The van der Waals surface area contributed by atoms with Crippen molar-refractivity contribution in [2.75, 3.05) is 0 Å². The van der Waals surface area contributed by atoms with E-state index in [1.807, 2.05) is 36.4 Å². The Morgan fingerprint density at radius 3 is 2.94 bits per heavy atom. The summed E-state index contributed by atoms with van der Waals surface area (Å²) in [5.74, 6) is 0. The van der Waals surface area contributed by atoms with Gasteiger partial charge in [-0.1, -0.05) is 24.3 Å². The number of benzene rings is 1. The third-order valence-electron chi connectivity index (χ3n) is 1.99. The number of nitrogens with zero attached hydrogens (tertiary/aromatic N) is 2. The van der Waals surface area contributed by atoms with E-state index in [-0.39, 0.29) is 0 Å². The zero-order chi connectivity index (χ0) is 11.4. The average Bonchev–Trinajstić information content (AvgIpc) is 2.28. The number of hydrogen-bond acceptors (Lipinski definition) is 3. The number of nitrogens with two attached hydrogens (primary N) is 1. The van der Waals surface area contributed by atoms with E-state index in [1.165, 1.54) is 6.21 Å². The molecule has 0 saturated carbocycles. The first kappa shape index (κ1) is 10.1. The van der Waals surface area contributed by atoms with Gasteiger partial charge in [0.1, 0.15) is 0 Å². The van der Waals surface area contributed by atoms with E-state index in [4.69, 9.17) is 5.73 Å². The van der Waals surface area contributed by atoms with Crippen LogP contribution in [0.4, 0.5) is 4.79 Å². The molecular weight excluding hydrogens is 204 g/mol. The lowest BCUT2D eigenvalue weighted by Crippen LogP contribution is -2.24. The number of rotatable bonds is 2. The van der Waals surface area contributed by atoms with E-state index in [2.05, 4.69) is 15.5 Å². The maximum Gasteiger partial charge on any atom is 0.332 e. The minimum Gasteiger partial charge on any atom is -0.350 e. The molecule has 16 heavy (non-hydrogen) atoms. The summed E-state index contributed by atoms with van der Waals surface area (Å²) in [6.07, 6.45) is 1.44. The van der Waals surface area contributed by atoms with Crippen molar-refractivity contribution in [3.63, 3.8) is 0 Å². The number of carbonyl (C=O) groups excluding carboxylic acids is 1. The van der Waals surface area contributed by atoms with Gasteiger partial charge in [0.05, 0.1) is 17.4 Å². The summed E-state index contributed by atoms with van der Waals surface area (Å²) >= 11 is 0. The molecule has 1 heterocycles. The summed E-state index contributed by atoms with van der Waals surface area (Å²) in [4.78, 5) is 14.7. The number of urea groups is 1. The van der Waals surface area contributed by atoms with Gasteiger partial charge < -0.3 is 5.73 Å². The highest BCUT2D eigenvalue weighted by atomic mass is 16.2. The molecule has 5 heteroatoms. The molecule has 2 aromatic rings. The zero-order valence-electron chi connectivity index (χ0n) is 8.42. The van der Waals surface area contributed by atoms with Crippen LogP contribution in [0.2, 0.25) is 0 Å². The van der Waals surface area contributed by atoms with Crippen LogP contribution >= 0.6 is 0 Å². The van der Waals surface area contributed by atoms with Gasteiger partial charge in [0.25, 0.3) is 0 Å². The smallest absolute Gasteiger partial charge is 0.332 e. The van der Waals surface area contributed by atoms with Crippen molar-refractivity contribution in [3.8, 4) is 0 Å². The normalized spacial score (nSPS) is 10.8. The first-order valence-corrected chi connectivity index (χ1v) is 4.70. The molecule has 5 nitrogen and oxygen atoms in total. The van der Waals surface area contributed by atoms with Crippen molar-refractivity contribution < 1.29 is 4.79 Å². The molecule has 1 aromatic heterocycles. The van der Waals surface area contributed by atoms with Crippen molar-refractivity contribution in [2.45, 2.75) is 0 Å². The van der Waals surface area contributed by atoms with Gasteiger partial charge in [-0.3, -0.25) is 0 Å². The second-order valence-electron chi connectivity index (χ2n) is 3.16. The largest absolute Gasteiger partial charge is 0.350 e. The Hall–Kier alpha value is -2.43. The summed E-state index contributed by atoms with van der Waals surface area (Å²) in [5, 5.41) is 4.69. The lowest BCUT2D eigenvalue weighted by Gasteiger charge is -1.97. The molecule has 0 atom stereocenters. The molecule has 0 bridgehead atoms. The maximum atomic E-state index is 10.4. The SMILES string of the molecule is NC(=O)NN=Cc1ccc2ccccc2n1. The second-order valence-corrected chi connectivity index (χ2v) is 3.16. The lowest BCUT2D eigenvalue weighted by atomic mass is 10.2. The summed E-state index contributed by atoms with van der Waals surface area (Å²) in [6.45, 7) is 0. The number of pyridine rings is 1. The molecule has 0 radical (unpaired) electrons. The van der Waals surface area contributed by atoms with Gasteiger partial charge in [0, 0.05) is 5.39 Å². The number of amides is 2. The number of fused-ring (bicyclic) bond motifs is 1. The number of para-hydroxylation sites is 1. The third kappa shape index (κ3) is 2.33. The Kier molecular flexibility index (Phi) is 2.77. The molecule has 0 aliphatic heterocycles. The van der Waals surface area contributed by atoms with E-state index < -0.39 is 6.03 Å². The average molecular weight is 214 g/mol. The molecule has 1 aromatic carbocycles. The van der Waals surface area contributed by atoms with Crippen LogP contribution in [-0.4, -0.2) is 17.2 Å². The van der Waals surface area contributed by atoms with E-state index in [1.54, 1.807) is 0 Å². The molecule has 0 fully saturated rings. The van der Waals surface area contributed by atoms with Crippen LogP contribution < -0.4 is 11.2 Å². The first-order valence-electron chi connectivity index (χ1n) is 4.70. The minimum absolute atomic E-state index is 0.660. The van der Waals surface area contributed by atoms with E-state index in [0.29, 0.717) is 5.69 Å². The van der Waals surface area contributed by atoms with Crippen LogP contribution in [0.25, 0.3) is 10.9 Å². The topological polar surface area (TPSA) is 80.4 Å². The van der Waals surface area contributed by atoms with Crippen LogP contribution in [-0.2, 0) is 0 Å². The number of nitrogens with one attached hydrogen (secondary N) is 1. The molecule has 3 N–H and O–H groups in total. The van der Waals surface area contributed by atoms with Crippen molar-refractivity contribution in [1.29, 1.82) is 0 Å². The van der Waals surface area contributed by atoms with E-state index in [9.17, 15) is 4.79 Å². The van der Waals surface area contributed by atoms with Crippen molar-refractivity contribution in [2.24, 2.45) is 10.8 Å². The standard InChI is InChI=1S/C11H10N4O/c12-11(16)15-13-7-9-6-5-8-3-1-2-4-10(8)14-9/h1-7H,(H3,12,15,16). The van der Waals surface area contributed by atoms with Crippen molar-refractivity contribution in [1.82, 2.24) is 10.4 Å². The quantitative estimate of drug-likeness (QED) is 0.582. The van der Waals surface area contributed by atoms with Gasteiger partial charge in [-0.2, -0.15) is 5.10 Å². The molecule has 0 saturated heterocycles. The van der Waals surface area contributed by atoms with Crippen LogP contribution in [0.15, 0.2) is 41.5 Å². The fourth-order valence-corrected chi connectivity index (χ4v) is 1.32. The number of aromatic nitrogens is 1. The zero-order valence-corrected chi connectivity index (χ0v) is 8.42. The maximum absolute atomic E-state index is 10.4. The van der Waals surface area contributed by atoms with Crippen molar-refractivity contribution in [3.05, 3.63) is 42.1 Å². The molecule has 0 spiro atoms. The number of hydrogen-bond donors (Lipinski definition) is 2. The highest BCUT2D eigenvalue weighted by Gasteiger charge is 1.94. The lowest BCUT2D eigenvalue weighted by molar-refractivity contribution is 0.249. The fraction of sp³-hybridized carbons (Fsp3) is 0. The Morgan fingerprint density at radius 2 is 2.12 bits per heavy atom. The number of primary amides is 1. The molecule has 0 unspecified atom stereocenters. The number of carbonyl (C=O) groups is 1. The molecular formula is C11H10N4O. The van der Waals surface area contributed by atoms with Gasteiger partial charge in [-0.25, -0.2) is 15.2 Å². The Morgan fingerprint density at radius 1 is 1.31 bits per heavy atom. The Balaban J connectivity index is 2.26. The summed E-state index contributed by atoms with van der Waals surface area (Å²) in [5.41, 5.74) is 8.51. The van der Waals surface area contributed by atoms with E-state index >= 15 is 0 Å². The van der Waals surface area contributed by atoms with Gasteiger partial charge in [0.2, 0.25) is 0 Å². The monoisotopic (exact) mass is 214 g/mol. The van der Waals surface area contributed by atoms with Crippen molar-refractivity contribution >= 4 is 23.1 Å². The molecule has 0 aliphatic rings. The van der Waals surface area contributed by atoms with E-state index in [0.717, 1.165) is 10.9 Å². The summed E-state index contributed by atoms with van der Waals surface area (Å²) < 4.78 is 0. The highest BCUT2D eigenvalue weighted by Crippen LogP contribution is 2.10. The molecule has 80 valence electrons. The Bertz CT molecular complexity index is 550. The Labute approximate surface area is 92.0 Å². The third-order valence-corrected chi connectivity index (χ3v) is 1.99. The second kappa shape index (κ2) is 4.39. The first-order chi connectivity index (χ1) is 7.75. The highest BCUT2D eigenvalue weighted by molar-refractivity contribution is 5.85. The predicted octanol–water partition coefficient (Wildman–Crippen LogP) is 1.24. The number of hydrazone groups is 1. The van der Waals surface area contributed by atoms with Gasteiger partial charge in [0.15, 0.2) is 0 Å². The van der Waals surface area contributed by atoms with Gasteiger partial charge >= 0.3 is 6.03 Å². The molecule has 0 aliphatic carbocycles. The van der Waals surface area contributed by atoms with Gasteiger partial charge in [-0.05, 0) is 12.1 Å². The summed E-state index contributed by atoms with van der Waals surface area (Å²) in [6, 6.07) is 10.8. The van der Waals surface area contributed by atoms with Crippen LogP contribution in [0.5, 0.6) is 0 Å². The minimum atomic E-state index is -0.697. The molecule has 2 rings (SSSR count). The summed E-state index contributed by atoms with van der Waals surface area (Å²) in [7, 11) is 0. The van der Waals surface area contributed by atoms with Crippen LogP contribution in [0.3, 0.4) is 0 Å². The molecule has 2 amide bonds. The van der Waals surface area contributed by atoms with Crippen LogP contribution in [0.1, 0.15) is 5.69 Å². The van der Waals surface area contributed by atoms with Gasteiger partial charge in [-0.15, -0.1) is 0 Å². The predicted molar refractivity (Wildman–Crippen MR) is 62.1 cm³/mol.